The van der Waals surface area contributed by atoms with E-state index in [0.717, 1.165) is 19.3 Å². The van der Waals surface area contributed by atoms with Gasteiger partial charge in [-0.3, -0.25) is 20.4 Å². The summed E-state index contributed by atoms with van der Waals surface area (Å²) in [6, 6.07) is 6.01. The average molecular weight is 348 g/mol. The van der Waals surface area contributed by atoms with Gasteiger partial charge in [0.15, 0.2) is 0 Å². The average Bonchev–Trinajstić information content (AvgIpc) is 2.64. The van der Waals surface area contributed by atoms with E-state index in [0.29, 0.717) is 17.5 Å². The lowest BCUT2D eigenvalue weighted by Gasteiger charge is -2.08. The van der Waals surface area contributed by atoms with Crippen molar-refractivity contribution >= 4 is 17.8 Å². The number of nitrogens with one attached hydrogen (secondary N) is 2. The van der Waals surface area contributed by atoms with Crippen molar-refractivity contribution in [1.82, 2.24) is 10.9 Å². The second kappa shape index (κ2) is 12.1. The molecule has 0 atom stereocenters. The molecule has 0 spiro atoms. The molecule has 0 saturated carbocycles. The molecular formula is C19H28N2O4. The fourth-order valence-electron chi connectivity index (χ4n) is 2.38. The van der Waals surface area contributed by atoms with E-state index in [-0.39, 0.29) is 5.91 Å². The summed E-state index contributed by atoms with van der Waals surface area (Å²) >= 11 is 0. The molecule has 0 fully saturated rings. The zero-order valence-electron chi connectivity index (χ0n) is 15.1. The van der Waals surface area contributed by atoms with E-state index in [1.165, 1.54) is 57.1 Å². The maximum absolute atomic E-state index is 11.9. The zero-order valence-corrected chi connectivity index (χ0v) is 15.1. The molecule has 1 aromatic rings. The lowest BCUT2D eigenvalue weighted by molar-refractivity contribution is -0.122. The number of rotatable bonds is 10. The number of esters is 1. The fraction of sp³-hybridized carbons (Fsp3) is 0.526. The topological polar surface area (TPSA) is 84.5 Å². The van der Waals surface area contributed by atoms with E-state index in [2.05, 4.69) is 22.5 Å². The van der Waals surface area contributed by atoms with E-state index in [4.69, 9.17) is 0 Å². The molecule has 0 aromatic heterocycles. The molecule has 2 N–H and O–H groups in total. The Labute approximate surface area is 149 Å². The first-order chi connectivity index (χ1) is 12.1. The molecule has 138 valence electrons. The van der Waals surface area contributed by atoms with Crippen molar-refractivity contribution in [2.24, 2.45) is 0 Å². The molecule has 1 aromatic carbocycles. The molecule has 0 unspecified atom stereocenters. The van der Waals surface area contributed by atoms with Crippen LogP contribution in [0, 0.1) is 0 Å². The number of hydrogen-bond acceptors (Lipinski definition) is 4. The normalized spacial score (nSPS) is 10.2. The molecule has 0 aliphatic heterocycles. The Balaban J connectivity index is 2.22. The van der Waals surface area contributed by atoms with Crippen LogP contribution in [0.2, 0.25) is 0 Å². The Morgan fingerprint density at radius 1 is 0.840 bits per heavy atom. The van der Waals surface area contributed by atoms with Crippen molar-refractivity contribution in [3.63, 3.8) is 0 Å². The van der Waals surface area contributed by atoms with E-state index >= 15 is 0 Å². The summed E-state index contributed by atoms with van der Waals surface area (Å²) in [7, 11) is 1.30. The minimum atomic E-state index is -0.463. The number of methoxy groups -OCH3 is 1. The summed E-state index contributed by atoms with van der Waals surface area (Å²) in [6.07, 6.45) is 8.37. The van der Waals surface area contributed by atoms with Crippen molar-refractivity contribution in [1.29, 1.82) is 0 Å². The third-order valence-corrected chi connectivity index (χ3v) is 3.89. The van der Waals surface area contributed by atoms with Gasteiger partial charge in [-0.15, -0.1) is 0 Å². The van der Waals surface area contributed by atoms with E-state index in [1.54, 1.807) is 0 Å². The number of hydrogen-bond donors (Lipinski definition) is 2. The van der Waals surface area contributed by atoms with Crippen molar-refractivity contribution in [3.05, 3.63) is 35.4 Å². The zero-order chi connectivity index (χ0) is 18.5. The fourth-order valence-corrected chi connectivity index (χ4v) is 2.38. The summed E-state index contributed by atoms with van der Waals surface area (Å²) < 4.78 is 4.59. The van der Waals surface area contributed by atoms with Gasteiger partial charge in [0, 0.05) is 12.0 Å². The second-order valence-electron chi connectivity index (χ2n) is 5.94. The van der Waals surface area contributed by atoms with Crippen LogP contribution in [0.3, 0.4) is 0 Å². The highest BCUT2D eigenvalue weighted by molar-refractivity contribution is 5.97. The van der Waals surface area contributed by atoms with Gasteiger partial charge in [-0.1, -0.05) is 45.4 Å². The maximum Gasteiger partial charge on any atom is 0.337 e. The summed E-state index contributed by atoms with van der Waals surface area (Å²) in [5, 5.41) is 0. The number of ether oxygens (including phenoxy) is 1. The Morgan fingerprint density at radius 3 is 2.00 bits per heavy atom. The smallest absolute Gasteiger partial charge is 0.337 e. The molecule has 6 nitrogen and oxygen atoms in total. The summed E-state index contributed by atoms with van der Waals surface area (Å²) in [5.74, 6) is -1.09. The van der Waals surface area contributed by atoms with Crippen molar-refractivity contribution in [2.75, 3.05) is 7.11 Å². The van der Waals surface area contributed by atoms with E-state index in [1.807, 2.05) is 0 Å². The number of benzene rings is 1. The van der Waals surface area contributed by atoms with Gasteiger partial charge in [-0.2, -0.15) is 0 Å². The number of unbranched alkanes of at least 4 members (excludes halogenated alkanes) is 6. The lowest BCUT2D eigenvalue weighted by atomic mass is 10.1. The van der Waals surface area contributed by atoms with Crippen molar-refractivity contribution in [3.8, 4) is 0 Å². The van der Waals surface area contributed by atoms with Gasteiger partial charge in [0.05, 0.1) is 12.7 Å². The molecule has 0 heterocycles. The highest BCUT2D eigenvalue weighted by Crippen LogP contribution is 2.08. The largest absolute Gasteiger partial charge is 0.465 e. The number of amides is 2. The third kappa shape index (κ3) is 8.33. The first kappa shape index (κ1) is 20.7. The van der Waals surface area contributed by atoms with Crippen molar-refractivity contribution in [2.45, 2.75) is 58.3 Å². The van der Waals surface area contributed by atoms with Gasteiger partial charge in [0.25, 0.3) is 5.91 Å². The molecular weight excluding hydrogens is 320 g/mol. The molecule has 0 bridgehead atoms. The molecule has 0 aliphatic rings. The van der Waals surface area contributed by atoms with Crippen LogP contribution in [0.4, 0.5) is 0 Å². The molecule has 0 aliphatic carbocycles. The minimum absolute atomic E-state index is 0.201. The summed E-state index contributed by atoms with van der Waals surface area (Å²) in [4.78, 5) is 35.0. The molecule has 25 heavy (non-hydrogen) atoms. The summed E-state index contributed by atoms with van der Waals surface area (Å²) in [5.41, 5.74) is 5.50. The Bertz CT molecular complexity index is 555. The predicted octanol–water partition coefficient (Wildman–Crippen LogP) is 3.37. The minimum Gasteiger partial charge on any atom is -0.465 e. The summed E-state index contributed by atoms with van der Waals surface area (Å²) in [6.45, 7) is 2.19. The first-order valence-electron chi connectivity index (χ1n) is 8.86. The van der Waals surface area contributed by atoms with Crippen LogP contribution in [0.15, 0.2) is 24.3 Å². The van der Waals surface area contributed by atoms with Gasteiger partial charge in [0.1, 0.15) is 0 Å². The first-order valence-corrected chi connectivity index (χ1v) is 8.86. The van der Waals surface area contributed by atoms with Crippen LogP contribution in [0.1, 0.15) is 79.0 Å². The predicted molar refractivity (Wildman–Crippen MR) is 96.0 cm³/mol. The lowest BCUT2D eigenvalue weighted by Crippen LogP contribution is -2.41. The van der Waals surface area contributed by atoms with Crippen LogP contribution in [-0.2, 0) is 9.53 Å². The highest BCUT2D eigenvalue weighted by atomic mass is 16.5. The monoisotopic (exact) mass is 348 g/mol. The van der Waals surface area contributed by atoms with Crippen LogP contribution >= 0.6 is 0 Å². The van der Waals surface area contributed by atoms with Crippen LogP contribution in [-0.4, -0.2) is 24.9 Å². The Morgan fingerprint density at radius 2 is 1.40 bits per heavy atom. The molecule has 0 saturated heterocycles. The molecule has 6 heteroatoms. The third-order valence-electron chi connectivity index (χ3n) is 3.89. The van der Waals surface area contributed by atoms with Crippen LogP contribution in [0.5, 0.6) is 0 Å². The maximum atomic E-state index is 11.9. The van der Waals surface area contributed by atoms with Crippen molar-refractivity contribution < 1.29 is 19.1 Å². The number of hydrazine groups is 1. The second-order valence-corrected chi connectivity index (χ2v) is 5.94. The Hall–Kier alpha value is -2.37. The Kier molecular flexibility index (Phi) is 9.97. The number of carbonyl (C=O) groups excluding carboxylic acids is 3. The molecule has 2 amide bonds. The van der Waals surface area contributed by atoms with E-state index < -0.39 is 11.9 Å². The van der Waals surface area contributed by atoms with Gasteiger partial charge < -0.3 is 4.74 Å². The standard InChI is InChI=1S/C19H28N2O4/c1-3-4-5-6-7-8-9-10-17(22)20-21-18(23)15-11-13-16(14-12-15)19(24)25-2/h11-14H,3-10H2,1-2H3,(H,20,22)(H,21,23). The van der Waals surface area contributed by atoms with Gasteiger partial charge in [0.2, 0.25) is 5.91 Å². The van der Waals surface area contributed by atoms with Crippen LogP contribution < -0.4 is 10.9 Å². The van der Waals surface area contributed by atoms with Gasteiger partial charge in [-0.05, 0) is 30.7 Å². The highest BCUT2D eigenvalue weighted by Gasteiger charge is 2.09. The van der Waals surface area contributed by atoms with Gasteiger partial charge >= 0.3 is 5.97 Å². The molecule has 0 radical (unpaired) electrons. The van der Waals surface area contributed by atoms with E-state index in [9.17, 15) is 14.4 Å². The molecule has 1 rings (SSSR count). The number of carbonyl (C=O) groups is 3. The SMILES string of the molecule is CCCCCCCCCC(=O)NNC(=O)c1ccc(C(=O)OC)cc1. The quantitative estimate of drug-likeness (QED) is 0.386. The van der Waals surface area contributed by atoms with Gasteiger partial charge in [-0.25, -0.2) is 4.79 Å². The van der Waals surface area contributed by atoms with Crippen LogP contribution in [0.25, 0.3) is 0 Å².